The molecule has 1 amide bonds. The van der Waals surface area contributed by atoms with Gasteiger partial charge in [-0.25, -0.2) is 4.68 Å². The predicted molar refractivity (Wildman–Crippen MR) is 102 cm³/mol. The normalized spacial score (nSPS) is 11.8. The first kappa shape index (κ1) is 17.9. The van der Waals surface area contributed by atoms with Gasteiger partial charge in [-0.05, 0) is 30.7 Å². The Hall–Kier alpha value is -2.92. The fraction of sp³-hybridized carbons (Fsp3) is 0.150. The minimum absolute atomic E-state index is 0.141. The molecule has 3 rings (SSSR count). The Bertz CT molecular complexity index is 953. The maximum absolute atomic E-state index is 12.3. The van der Waals surface area contributed by atoms with Gasteiger partial charge in [-0.15, -0.1) is 0 Å². The van der Waals surface area contributed by atoms with Gasteiger partial charge >= 0.3 is 0 Å². The molecule has 0 saturated carbocycles. The minimum atomic E-state index is -0.328. The Labute approximate surface area is 156 Å². The SMILES string of the molecule is CC(NC(=O)Cn1nc(-c2ccc(Cl)cc2)ccc1=O)c1ccccc1. The highest BCUT2D eigenvalue weighted by molar-refractivity contribution is 6.30. The molecule has 1 unspecified atom stereocenters. The third-order valence-corrected chi connectivity index (χ3v) is 4.23. The molecule has 0 fully saturated rings. The van der Waals surface area contributed by atoms with E-state index in [0.717, 1.165) is 15.8 Å². The standard InChI is InChI=1S/C20H18ClN3O2/c1-14(15-5-3-2-4-6-15)22-19(25)13-24-20(26)12-11-18(23-24)16-7-9-17(21)10-8-16/h2-12,14H,13H2,1H3,(H,22,25). The number of rotatable bonds is 5. The summed E-state index contributed by atoms with van der Waals surface area (Å²) in [6.07, 6.45) is 0. The highest BCUT2D eigenvalue weighted by atomic mass is 35.5. The van der Waals surface area contributed by atoms with Crippen molar-refractivity contribution in [3.8, 4) is 11.3 Å². The van der Waals surface area contributed by atoms with Gasteiger partial charge in [0, 0.05) is 16.7 Å². The van der Waals surface area contributed by atoms with E-state index in [4.69, 9.17) is 11.6 Å². The number of nitrogens with one attached hydrogen (secondary N) is 1. The second-order valence-corrected chi connectivity index (χ2v) is 6.36. The van der Waals surface area contributed by atoms with Gasteiger partial charge in [0.05, 0.1) is 11.7 Å². The summed E-state index contributed by atoms with van der Waals surface area (Å²) in [5.41, 5.74) is 2.09. The molecular weight excluding hydrogens is 350 g/mol. The number of hydrogen-bond acceptors (Lipinski definition) is 3. The summed E-state index contributed by atoms with van der Waals surface area (Å²) in [5, 5.41) is 7.80. The van der Waals surface area contributed by atoms with E-state index in [-0.39, 0.29) is 24.1 Å². The van der Waals surface area contributed by atoms with Crippen molar-refractivity contribution in [1.29, 1.82) is 0 Å². The van der Waals surface area contributed by atoms with Crippen LogP contribution in [0.3, 0.4) is 0 Å². The summed E-state index contributed by atoms with van der Waals surface area (Å²) in [4.78, 5) is 24.4. The molecule has 0 aliphatic heterocycles. The molecule has 0 aliphatic carbocycles. The lowest BCUT2D eigenvalue weighted by molar-refractivity contribution is -0.122. The molecule has 0 spiro atoms. The molecule has 3 aromatic rings. The van der Waals surface area contributed by atoms with Crippen LogP contribution in [0.2, 0.25) is 5.02 Å². The van der Waals surface area contributed by atoms with Crippen LogP contribution in [0.15, 0.2) is 71.5 Å². The Balaban J connectivity index is 1.74. The number of hydrogen-bond donors (Lipinski definition) is 1. The van der Waals surface area contributed by atoms with Crippen molar-refractivity contribution < 1.29 is 4.79 Å². The number of benzene rings is 2. The van der Waals surface area contributed by atoms with E-state index in [1.165, 1.54) is 6.07 Å². The van der Waals surface area contributed by atoms with E-state index < -0.39 is 0 Å². The van der Waals surface area contributed by atoms with Crippen LogP contribution in [-0.4, -0.2) is 15.7 Å². The smallest absolute Gasteiger partial charge is 0.267 e. The van der Waals surface area contributed by atoms with Crippen LogP contribution in [0, 0.1) is 0 Å². The summed E-state index contributed by atoms with van der Waals surface area (Å²) in [6.45, 7) is 1.75. The lowest BCUT2D eigenvalue weighted by Gasteiger charge is -2.14. The minimum Gasteiger partial charge on any atom is -0.348 e. The third kappa shape index (κ3) is 4.37. The molecule has 5 nitrogen and oxygen atoms in total. The van der Waals surface area contributed by atoms with Gasteiger partial charge in [0.25, 0.3) is 5.56 Å². The van der Waals surface area contributed by atoms with Gasteiger partial charge in [0.15, 0.2) is 0 Å². The molecule has 26 heavy (non-hydrogen) atoms. The molecule has 0 radical (unpaired) electrons. The molecule has 1 aromatic heterocycles. The summed E-state index contributed by atoms with van der Waals surface area (Å²) < 4.78 is 1.16. The van der Waals surface area contributed by atoms with Crippen molar-refractivity contribution in [2.75, 3.05) is 0 Å². The quantitative estimate of drug-likeness (QED) is 0.751. The van der Waals surface area contributed by atoms with E-state index >= 15 is 0 Å². The van der Waals surface area contributed by atoms with E-state index in [2.05, 4.69) is 10.4 Å². The lowest BCUT2D eigenvalue weighted by atomic mass is 10.1. The molecule has 2 aromatic carbocycles. The van der Waals surface area contributed by atoms with Crippen molar-refractivity contribution in [3.63, 3.8) is 0 Å². The predicted octanol–water partition coefficient (Wildman–Crippen LogP) is 3.44. The molecule has 0 aliphatic rings. The fourth-order valence-corrected chi connectivity index (χ4v) is 2.71. The molecule has 0 saturated heterocycles. The molecule has 6 heteroatoms. The maximum atomic E-state index is 12.3. The zero-order chi connectivity index (χ0) is 18.5. The molecule has 1 atom stereocenters. The van der Waals surface area contributed by atoms with E-state index in [1.807, 2.05) is 49.4 Å². The summed E-state index contributed by atoms with van der Waals surface area (Å²) in [7, 11) is 0. The number of amides is 1. The number of carbonyl (C=O) groups excluding carboxylic acids is 1. The molecule has 132 valence electrons. The van der Waals surface area contributed by atoms with Crippen LogP contribution in [0.5, 0.6) is 0 Å². The van der Waals surface area contributed by atoms with Crippen molar-refractivity contribution in [1.82, 2.24) is 15.1 Å². The van der Waals surface area contributed by atoms with Crippen molar-refractivity contribution >= 4 is 17.5 Å². The lowest BCUT2D eigenvalue weighted by Crippen LogP contribution is -2.34. The van der Waals surface area contributed by atoms with Crippen molar-refractivity contribution in [2.24, 2.45) is 0 Å². The van der Waals surface area contributed by atoms with Gasteiger partial charge in [0.2, 0.25) is 5.91 Å². The third-order valence-electron chi connectivity index (χ3n) is 3.98. The van der Waals surface area contributed by atoms with Gasteiger partial charge in [-0.2, -0.15) is 5.10 Å². The highest BCUT2D eigenvalue weighted by Gasteiger charge is 2.12. The second-order valence-electron chi connectivity index (χ2n) is 5.92. The van der Waals surface area contributed by atoms with Gasteiger partial charge in [-0.1, -0.05) is 54.1 Å². The first-order valence-electron chi connectivity index (χ1n) is 8.21. The maximum Gasteiger partial charge on any atom is 0.267 e. The number of nitrogens with zero attached hydrogens (tertiary/aromatic N) is 2. The number of aromatic nitrogens is 2. The van der Waals surface area contributed by atoms with E-state index in [1.54, 1.807) is 18.2 Å². The molecule has 0 bridgehead atoms. The summed E-state index contributed by atoms with van der Waals surface area (Å²) in [6, 6.07) is 19.7. The summed E-state index contributed by atoms with van der Waals surface area (Å²) >= 11 is 5.89. The Morgan fingerprint density at radius 2 is 1.77 bits per heavy atom. The van der Waals surface area contributed by atoms with E-state index in [9.17, 15) is 9.59 Å². The highest BCUT2D eigenvalue weighted by Crippen LogP contribution is 2.18. The summed E-state index contributed by atoms with van der Waals surface area (Å²) in [5.74, 6) is -0.274. The molecule has 1 heterocycles. The average Bonchev–Trinajstić information content (AvgIpc) is 2.65. The first-order valence-corrected chi connectivity index (χ1v) is 8.59. The Morgan fingerprint density at radius 1 is 1.08 bits per heavy atom. The van der Waals surface area contributed by atoms with Crippen LogP contribution in [-0.2, 0) is 11.3 Å². The van der Waals surface area contributed by atoms with Crippen molar-refractivity contribution in [2.45, 2.75) is 19.5 Å². The van der Waals surface area contributed by atoms with Gasteiger partial charge in [-0.3, -0.25) is 9.59 Å². The Kier molecular flexibility index (Phi) is 5.49. The van der Waals surface area contributed by atoms with Crippen LogP contribution in [0.4, 0.5) is 0 Å². The van der Waals surface area contributed by atoms with Crippen LogP contribution < -0.4 is 10.9 Å². The van der Waals surface area contributed by atoms with Crippen LogP contribution >= 0.6 is 11.6 Å². The zero-order valence-corrected chi connectivity index (χ0v) is 15.0. The zero-order valence-electron chi connectivity index (χ0n) is 14.2. The largest absolute Gasteiger partial charge is 0.348 e. The molecule has 1 N–H and O–H groups in total. The van der Waals surface area contributed by atoms with Gasteiger partial charge in [0.1, 0.15) is 6.54 Å². The first-order chi connectivity index (χ1) is 12.5. The van der Waals surface area contributed by atoms with Crippen LogP contribution in [0.25, 0.3) is 11.3 Å². The second kappa shape index (κ2) is 7.97. The van der Waals surface area contributed by atoms with Gasteiger partial charge < -0.3 is 5.32 Å². The Morgan fingerprint density at radius 3 is 2.46 bits per heavy atom. The number of halogens is 1. The molecular formula is C20H18ClN3O2. The van der Waals surface area contributed by atoms with E-state index in [0.29, 0.717) is 10.7 Å². The number of carbonyl (C=O) groups is 1. The fourth-order valence-electron chi connectivity index (χ4n) is 2.59. The topological polar surface area (TPSA) is 64.0 Å². The van der Waals surface area contributed by atoms with Crippen molar-refractivity contribution in [3.05, 3.63) is 87.7 Å². The average molecular weight is 368 g/mol. The monoisotopic (exact) mass is 367 g/mol. The van der Waals surface area contributed by atoms with Crippen LogP contribution in [0.1, 0.15) is 18.5 Å².